The van der Waals surface area contributed by atoms with Crippen LogP contribution in [0.1, 0.15) is 53.0 Å². The van der Waals surface area contributed by atoms with Gasteiger partial charge in [-0.15, -0.1) is 23.8 Å². The maximum atomic E-state index is 11.4. The van der Waals surface area contributed by atoms with E-state index in [0.717, 1.165) is 83.6 Å². The summed E-state index contributed by atoms with van der Waals surface area (Å²) < 4.78 is 10.7. The fraction of sp³-hybridized carbons (Fsp3) is 0.127. The summed E-state index contributed by atoms with van der Waals surface area (Å²) in [6, 6.07) is 61.8. The van der Waals surface area contributed by atoms with E-state index in [1.165, 1.54) is 0 Å². The van der Waals surface area contributed by atoms with E-state index >= 15 is 0 Å². The van der Waals surface area contributed by atoms with Crippen molar-refractivity contribution in [2.45, 2.75) is 45.9 Å². The van der Waals surface area contributed by atoms with Crippen LogP contribution in [0.2, 0.25) is 0 Å². The van der Waals surface area contributed by atoms with E-state index < -0.39 is 5.89 Å². The number of nitrogens with zero attached hydrogens (tertiary/aromatic N) is 3. The number of phenols is 1. The molecule has 0 unspecified atom stereocenters. The van der Waals surface area contributed by atoms with Crippen LogP contribution in [-0.4, -0.2) is 19.6 Å². The van der Waals surface area contributed by atoms with Crippen LogP contribution in [0.25, 0.3) is 83.9 Å². The van der Waals surface area contributed by atoms with Crippen LogP contribution in [0.5, 0.6) is 5.75 Å². The molecule has 9 rings (SSSR count). The largest absolute Gasteiger partial charge is 0.507 e. The maximum absolute atomic E-state index is 11.4. The fourth-order valence-corrected chi connectivity index (χ4v) is 7.95. The molecule has 7 aromatic carbocycles. The van der Waals surface area contributed by atoms with Gasteiger partial charge in [-0.2, -0.15) is 0 Å². The van der Waals surface area contributed by atoms with Gasteiger partial charge in [-0.25, -0.2) is 4.98 Å². The van der Waals surface area contributed by atoms with Gasteiger partial charge in [0.05, 0.1) is 22.3 Å². The Labute approximate surface area is 369 Å². The number of fused-ring (bicyclic) bond motifs is 1. The third-order valence-corrected chi connectivity index (χ3v) is 11.1. The summed E-state index contributed by atoms with van der Waals surface area (Å²) in [5.74, 6) is 0.147. The van der Waals surface area contributed by atoms with Gasteiger partial charge in [0.25, 0.3) is 0 Å². The Balaban J connectivity index is 0.00000514. The molecule has 0 amide bonds. The molecule has 0 radical (unpaired) electrons. The van der Waals surface area contributed by atoms with Crippen molar-refractivity contribution in [1.29, 1.82) is 0 Å². The molecule has 0 saturated carbocycles. The Morgan fingerprint density at radius 3 is 1.88 bits per heavy atom. The average molecular weight is 961 g/mol. The number of aromatic nitrogens is 3. The van der Waals surface area contributed by atoms with Crippen molar-refractivity contribution in [3.63, 3.8) is 0 Å². The van der Waals surface area contributed by atoms with Crippen molar-refractivity contribution < 1.29 is 27.5 Å². The molecule has 0 spiro atoms. The molecule has 298 valence electrons. The number of hydrogen-bond donors (Lipinski definition) is 1. The van der Waals surface area contributed by atoms with Gasteiger partial charge in [-0.3, -0.25) is 9.55 Å². The van der Waals surface area contributed by atoms with Gasteiger partial charge in [-0.05, 0) is 86.7 Å². The molecule has 9 aromatic rings. The molecule has 1 N–H and O–H groups in total. The molecule has 0 fully saturated rings. The fourth-order valence-electron chi connectivity index (χ4n) is 7.95. The van der Waals surface area contributed by atoms with E-state index in [2.05, 4.69) is 147 Å². The molecule has 0 aliphatic rings. The minimum atomic E-state index is -0.673. The molecule has 0 bridgehead atoms. The summed E-state index contributed by atoms with van der Waals surface area (Å²) in [6.45, 7) is 10.5. The Kier molecular flexibility index (Phi) is 10.9. The van der Waals surface area contributed by atoms with E-state index in [-0.39, 0.29) is 32.2 Å². The number of pyridine rings is 1. The van der Waals surface area contributed by atoms with Crippen molar-refractivity contribution in [3.8, 4) is 78.6 Å². The number of para-hydroxylation sites is 2. The molecule has 60 heavy (non-hydrogen) atoms. The third-order valence-electron chi connectivity index (χ3n) is 11.1. The van der Waals surface area contributed by atoms with E-state index in [9.17, 15) is 5.11 Å². The van der Waals surface area contributed by atoms with Crippen LogP contribution < -0.4 is 0 Å². The molecule has 0 atom stereocenters. The van der Waals surface area contributed by atoms with Crippen molar-refractivity contribution >= 4 is 11.0 Å². The van der Waals surface area contributed by atoms with Crippen LogP contribution in [-0.2, 0) is 26.5 Å². The Morgan fingerprint density at radius 1 is 0.600 bits per heavy atom. The first-order valence-corrected chi connectivity index (χ1v) is 20.1. The second-order valence-electron chi connectivity index (χ2n) is 16.4. The summed E-state index contributed by atoms with van der Waals surface area (Å²) in [4.78, 5) is 10.3. The zero-order chi connectivity index (χ0) is 41.6. The standard InChI is InChI=1S/C55H46N3O.Pt/c1-36(2)37-23-25-40(26-24-37)42-29-30-56-49(35-42)45-32-43(39-17-10-7-11-18-39)31-44(33-45)46-20-14-21-51-53(46)57-54(47-19-12-13-22-52(47)59)58(51)50-28-27-41(34-48(50)55(3,4)5)38-15-8-6-9-16-38;/h6-32,34-36,59H,1-5H3;/q-1;/i36D;. The van der Waals surface area contributed by atoms with E-state index in [0.29, 0.717) is 11.4 Å². The molecule has 0 aliphatic heterocycles. The smallest absolute Gasteiger partial charge is 0.148 e. The van der Waals surface area contributed by atoms with Gasteiger partial charge < -0.3 is 5.11 Å². The first-order chi connectivity index (χ1) is 28.9. The van der Waals surface area contributed by atoms with Gasteiger partial charge in [-0.1, -0.05) is 173 Å². The normalized spacial score (nSPS) is 11.9. The first kappa shape index (κ1) is 39.1. The molecule has 5 heteroatoms. The summed E-state index contributed by atoms with van der Waals surface area (Å²) in [5.41, 5.74) is 15.3. The molecular formula is C55H46N3OPt-. The summed E-state index contributed by atoms with van der Waals surface area (Å²) in [6.07, 6.45) is 1.85. The number of hydrogen-bond acceptors (Lipinski definition) is 3. The summed E-state index contributed by atoms with van der Waals surface area (Å²) >= 11 is 0. The number of imidazole rings is 1. The number of benzene rings is 7. The first-order valence-electron chi connectivity index (χ1n) is 20.6. The molecule has 2 aromatic heterocycles. The average Bonchev–Trinajstić information content (AvgIpc) is 3.66. The molecule has 2 heterocycles. The van der Waals surface area contributed by atoms with E-state index in [1.54, 1.807) is 6.07 Å². The molecular weight excluding hydrogens is 914 g/mol. The predicted molar refractivity (Wildman–Crippen MR) is 245 cm³/mol. The van der Waals surface area contributed by atoms with Crippen LogP contribution in [0.15, 0.2) is 176 Å². The topological polar surface area (TPSA) is 50.9 Å². The number of aromatic hydroxyl groups is 1. The number of phenolic OH excluding ortho intramolecular Hbond substituents is 1. The minimum Gasteiger partial charge on any atom is -0.507 e. The van der Waals surface area contributed by atoms with Gasteiger partial charge in [0.1, 0.15) is 11.6 Å². The second-order valence-corrected chi connectivity index (χ2v) is 16.4. The Morgan fingerprint density at radius 2 is 1.20 bits per heavy atom. The van der Waals surface area contributed by atoms with Crippen molar-refractivity contribution in [2.75, 3.05) is 0 Å². The van der Waals surface area contributed by atoms with Crippen LogP contribution in [0.3, 0.4) is 0 Å². The van der Waals surface area contributed by atoms with Crippen LogP contribution >= 0.6 is 0 Å². The van der Waals surface area contributed by atoms with Crippen molar-refractivity contribution in [1.82, 2.24) is 14.5 Å². The predicted octanol–water partition coefficient (Wildman–Crippen LogP) is 14.3. The molecule has 4 nitrogen and oxygen atoms in total. The summed E-state index contributed by atoms with van der Waals surface area (Å²) in [7, 11) is 0. The molecule has 0 saturated heterocycles. The van der Waals surface area contributed by atoms with Gasteiger partial charge >= 0.3 is 0 Å². The van der Waals surface area contributed by atoms with Crippen molar-refractivity contribution in [2.24, 2.45) is 0 Å². The van der Waals surface area contributed by atoms with Gasteiger partial charge in [0, 0.05) is 34.3 Å². The quantitative estimate of drug-likeness (QED) is 0.154. The van der Waals surface area contributed by atoms with Gasteiger partial charge in [0.15, 0.2) is 0 Å². The zero-order valence-electron chi connectivity index (χ0n) is 35.3. The van der Waals surface area contributed by atoms with E-state index in [4.69, 9.17) is 11.3 Å². The van der Waals surface area contributed by atoms with Crippen LogP contribution in [0, 0.1) is 6.07 Å². The second kappa shape index (κ2) is 16.7. The van der Waals surface area contributed by atoms with Gasteiger partial charge in [0.2, 0.25) is 0 Å². The van der Waals surface area contributed by atoms with Crippen LogP contribution in [0.4, 0.5) is 0 Å². The Bertz CT molecular complexity index is 3000. The minimum absolute atomic E-state index is 0. The molecule has 0 aliphatic carbocycles. The maximum Gasteiger partial charge on any atom is 0.148 e. The summed E-state index contributed by atoms with van der Waals surface area (Å²) in [5, 5.41) is 11.4. The zero-order valence-corrected chi connectivity index (χ0v) is 36.6. The monoisotopic (exact) mass is 960 g/mol. The Hall–Kier alpha value is -6.35. The number of rotatable bonds is 8. The van der Waals surface area contributed by atoms with E-state index in [1.807, 2.05) is 68.6 Å². The van der Waals surface area contributed by atoms with Crippen molar-refractivity contribution in [3.05, 3.63) is 193 Å². The third kappa shape index (κ3) is 7.88. The SMILES string of the molecule is [2H]C(C)(C)c1ccc(-c2ccnc(-c3[c-]c(-c4cccc5c4nc(-c4ccccc4O)n5-c4ccc(-c5ccccc5)cc4C(C)(C)C)cc(-c4ccccc4)c3)c2)cc1.[Pt].